The van der Waals surface area contributed by atoms with Crippen LogP contribution in [-0.4, -0.2) is 16.1 Å². The first kappa shape index (κ1) is 12.6. The molecule has 0 amide bonds. The van der Waals surface area contributed by atoms with E-state index in [1.807, 2.05) is 12.1 Å². The van der Waals surface area contributed by atoms with Crippen molar-refractivity contribution in [3.8, 4) is 0 Å². The summed E-state index contributed by atoms with van der Waals surface area (Å²) in [7, 11) is 0. The predicted molar refractivity (Wildman–Crippen MR) is 68.3 cm³/mol. The van der Waals surface area contributed by atoms with E-state index in [0.717, 1.165) is 31.0 Å². The Kier molecular flexibility index (Phi) is 4.30. The third-order valence-electron chi connectivity index (χ3n) is 2.55. The van der Waals surface area contributed by atoms with Crippen LogP contribution in [0.15, 0.2) is 39.8 Å². The summed E-state index contributed by atoms with van der Waals surface area (Å²) in [6, 6.07) is 5.55. The summed E-state index contributed by atoms with van der Waals surface area (Å²) in [6.07, 6.45) is 4.28. The molecule has 2 rings (SSSR count). The number of nitrogens with one attached hydrogen (secondary N) is 1. The Morgan fingerprint density at radius 3 is 3.00 bits per heavy atom. The summed E-state index contributed by atoms with van der Waals surface area (Å²) in [5, 5.41) is 3.27. The lowest BCUT2D eigenvalue weighted by Gasteiger charge is -2.01. The zero-order valence-corrected chi connectivity index (χ0v) is 10.4. The normalized spacial score (nSPS) is 10.7. The molecule has 5 heteroatoms. The molecule has 0 aromatic carbocycles. The molecule has 1 N–H and O–H groups in total. The van der Waals surface area contributed by atoms with Crippen LogP contribution in [0.1, 0.15) is 24.9 Å². The third kappa shape index (κ3) is 3.30. The van der Waals surface area contributed by atoms with Gasteiger partial charge in [-0.2, -0.15) is 0 Å². The molecule has 2 heterocycles. The maximum Gasteiger partial charge on any atom is 0.347 e. The molecule has 0 fully saturated rings. The van der Waals surface area contributed by atoms with E-state index in [-0.39, 0.29) is 5.69 Å². The van der Waals surface area contributed by atoms with Gasteiger partial charge in [0.2, 0.25) is 0 Å². The third-order valence-corrected chi connectivity index (χ3v) is 2.55. The number of hydrogen-bond donors (Lipinski definition) is 1. The minimum absolute atomic E-state index is 0.264. The molecule has 0 atom stereocenters. The van der Waals surface area contributed by atoms with Gasteiger partial charge in [-0.15, -0.1) is 0 Å². The highest BCUT2D eigenvalue weighted by Gasteiger charge is 2.03. The molecule has 0 radical (unpaired) electrons. The minimum atomic E-state index is -0.264. The molecule has 0 aliphatic rings. The standard InChI is InChI=1S/C13H17N3O2/c1-2-6-14-9-11-4-5-12(18-11)10-16-8-3-7-15-13(16)17/h3-5,7-8,14H,2,6,9-10H2,1H3. The van der Waals surface area contributed by atoms with Gasteiger partial charge in [0.05, 0.1) is 13.1 Å². The topological polar surface area (TPSA) is 60.1 Å². The average Bonchev–Trinajstić information content (AvgIpc) is 2.80. The quantitative estimate of drug-likeness (QED) is 0.783. The van der Waals surface area contributed by atoms with Crippen LogP contribution >= 0.6 is 0 Å². The van der Waals surface area contributed by atoms with Gasteiger partial charge in [-0.3, -0.25) is 4.57 Å². The molecule has 96 valence electrons. The van der Waals surface area contributed by atoms with Crippen molar-refractivity contribution in [2.75, 3.05) is 6.54 Å². The number of hydrogen-bond acceptors (Lipinski definition) is 4. The second-order valence-electron chi connectivity index (χ2n) is 4.07. The van der Waals surface area contributed by atoms with Crippen molar-refractivity contribution in [3.63, 3.8) is 0 Å². The van der Waals surface area contributed by atoms with E-state index in [0.29, 0.717) is 6.54 Å². The Bertz CT molecular complexity index is 545. The zero-order chi connectivity index (χ0) is 12.8. The van der Waals surface area contributed by atoms with E-state index in [2.05, 4.69) is 17.2 Å². The van der Waals surface area contributed by atoms with E-state index in [4.69, 9.17) is 4.42 Å². The van der Waals surface area contributed by atoms with Crippen LogP contribution in [0.3, 0.4) is 0 Å². The van der Waals surface area contributed by atoms with Crippen molar-refractivity contribution in [2.24, 2.45) is 0 Å². The fourth-order valence-electron chi connectivity index (χ4n) is 1.67. The second kappa shape index (κ2) is 6.16. The fourth-order valence-corrected chi connectivity index (χ4v) is 1.67. The molecule has 2 aromatic rings. The molecule has 0 aliphatic carbocycles. The van der Waals surface area contributed by atoms with Crippen LogP contribution in [0.5, 0.6) is 0 Å². The lowest BCUT2D eigenvalue weighted by atomic mass is 10.4. The van der Waals surface area contributed by atoms with Crippen LogP contribution in [0.4, 0.5) is 0 Å². The van der Waals surface area contributed by atoms with Crippen LogP contribution in [0.25, 0.3) is 0 Å². The highest BCUT2D eigenvalue weighted by Crippen LogP contribution is 2.08. The van der Waals surface area contributed by atoms with Gasteiger partial charge in [0, 0.05) is 12.4 Å². The van der Waals surface area contributed by atoms with Gasteiger partial charge in [0.1, 0.15) is 11.5 Å². The zero-order valence-electron chi connectivity index (χ0n) is 10.4. The number of aromatic nitrogens is 2. The van der Waals surface area contributed by atoms with Crippen molar-refractivity contribution in [2.45, 2.75) is 26.4 Å². The molecule has 0 unspecified atom stereocenters. The van der Waals surface area contributed by atoms with E-state index in [1.165, 1.54) is 10.8 Å². The maximum atomic E-state index is 11.4. The van der Waals surface area contributed by atoms with Crippen LogP contribution in [-0.2, 0) is 13.1 Å². The Hall–Kier alpha value is -1.88. The maximum absolute atomic E-state index is 11.4. The summed E-state index contributed by atoms with van der Waals surface area (Å²) >= 11 is 0. The monoisotopic (exact) mass is 247 g/mol. The Morgan fingerprint density at radius 1 is 1.39 bits per heavy atom. The summed E-state index contributed by atoms with van der Waals surface area (Å²) in [4.78, 5) is 15.1. The summed E-state index contributed by atoms with van der Waals surface area (Å²) in [5.74, 6) is 1.65. The lowest BCUT2D eigenvalue weighted by molar-refractivity contribution is 0.434. The highest BCUT2D eigenvalue weighted by molar-refractivity contribution is 5.07. The molecule has 0 saturated heterocycles. The van der Waals surface area contributed by atoms with Crippen LogP contribution in [0.2, 0.25) is 0 Å². The van der Waals surface area contributed by atoms with Crippen LogP contribution in [0, 0.1) is 0 Å². The molecule has 0 bridgehead atoms. The smallest absolute Gasteiger partial charge is 0.347 e. The molecule has 0 saturated carbocycles. The molecule has 2 aromatic heterocycles. The number of furan rings is 1. The van der Waals surface area contributed by atoms with Crippen molar-refractivity contribution in [3.05, 3.63) is 52.6 Å². The average molecular weight is 247 g/mol. The largest absolute Gasteiger partial charge is 0.463 e. The molecule has 5 nitrogen and oxygen atoms in total. The van der Waals surface area contributed by atoms with Crippen molar-refractivity contribution in [1.82, 2.24) is 14.9 Å². The molecule has 0 spiro atoms. The first-order valence-corrected chi connectivity index (χ1v) is 6.09. The van der Waals surface area contributed by atoms with Gasteiger partial charge in [-0.25, -0.2) is 9.78 Å². The summed E-state index contributed by atoms with van der Waals surface area (Å²) < 4.78 is 7.16. The summed E-state index contributed by atoms with van der Waals surface area (Å²) in [5.41, 5.74) is -0.264. The van der Waals surface area contributed by atoms with E-state index in [9.17, 15) is 4.79 Å². The molecular weight excluding hydrogens is 230 g/mol. The van der Waals surface area contributed by atoms with Gasteiger partial charge in [-0.1, -0.05) is 6.92 Å². The highest BCUT2D eigenvalue weighted by atomic mass is 16.3. The Morgan fingerprint density at radius 2 is 2.22 bits per heavy atom. The first-order chi connectivity index (χ1) is 8.79. The fraction of sp³-hybridized carbons (Fsp3) is 0.385. The van der Waals surface area contributed by atoms with Crippen molar-refractivity contribution < 1.29 is 4.42 Å². The lowest BCUT2D eigenvalue weighted by Crippen LogP contribution is -2.21. The van der Waals surface area contributed by atoms with Gasteiger partial charge in [0.15, 0.2) is 0 Å². The molecular formula is C13H17N3O2. The van der Waals surface area contributed by atoms with E-state index < -0.39 is 0 Å². The van der Waals surface area contributed by atoms with Gasteiger partial charge < -0.3 is 9.73 Å². The summed E-state index contributed by atoms with van der Waals surface area (Å²) in [6.45, 7) is 4.23. The minimum Gasteiger partial charge on any atom is -0.463 e. The molecule has 18 heavy (non-hydrogen) atoms. The van der Waals surface area contributed by atoms with Gasteiger partial charge in [0.25, 0.3) is 0 Å². The van der Waals surface area contributed by atoms with Crippen LogP contribution < -0.4 is 11.0 Å². The Balaban J connectivity index is 1.98. The predicted octanol–water partition coefficient (Wildman–Crippen LogP) is 1.38. The van der Waals surface area contributed by atoms with E-state index in [1.54, 1.807) is 12.3 Å². The van der Waals surface area contributed by atoms with Crippen molar-refractivity contribution >= 4 is 0 Å². The van der Waals surface area contributed by atoms with E-state index >= 15 is 0 Å². The van der Waals surface area contributed by atoms with Crippen molar-refractivity contribution in [1.29, 1.82) is 0 Å². The number of nitrogens with zero attached hydrogens (tertiary/aromatic N) is 2. The number of rotatable bonds is 6. The van der Waals surface area contributed by atoms with Gasteiger partial charge >= 0.3 is 5.69 Å². The van der Waals surface area contributed by atoms with Gasteiger partial charge in [-0.05, 0) is 31.2 Å². The molecule has 0 aliphatic heterocycles. The Labute approximate surface area is 105 Å². The first-order valence-electron chi connectivity index (χ1n) is 6.09. The SMILES string of the molecule is CCCNCc1ccc(Cn2cccnc2=O)o1. The second-order valence-corrected chi connectivity index (χ2v) is 4.07.